The van der Waals surface area contributed by atoms with E-state index < -0.39 is 10.0 Å². The lowest BCUT2D eigenvalue weighted by molar-refractivity contribution is 0.122. The number of ether oxygens (including phenoxy) is 1. The summed E-state index contributed by atoms with van der Waals surface area (Å²) < 4.78 is 33.7. The highest BCUT2D eigenvalue weighted by Gasteiger charge is 2.24. The first-order valence-corrected chi connectivity index (χ1v) is 12.5. The lowest BCUT2D eigenvalue weighted by Crippen LogP contribution is -2.37. The second-order valence-electron chi connectivity index (χ2n) is 8.11. The molecule has 0 unspecified atom stereocenters. The number of anilines is 2. The van der Waals surface area contributed by atoms with E-state index in [4.69, 9.17) is 15.5 Å². The molecule has 0 radical (unpaired) electrons. The molecule has 6 rings (SSSR count). The zero-order valence-corrected chi connectivity index (χ0v) is 19.4. The molecule has 2 aromatic carbocycles. The van der Waals surface area contributed by atoms with Crippen LogP contribution in [0, 0.1) is 0 Å². The van der Waals surface area contributed by atoms with Crippen molar-refractivity contribution < 1.29 is 13.2 Å². The van der Waals surface area contributed by atoms with Gasteiger partial charge in [0.1, 0.15) is 0 Å². The van der Waals surface area contributed by atoms with Crippen molar-refractivity contribution >= 4 is 43.9 Å². The van der Waals surface area contributed by atoms with Gasteiger partial charge in [-0.1, -0.05) is 36.4 Å². The number of aromatic nitrogens is 5. The molecule has 2 N–H and O–H groups in total. The minimum atomic E-state index is -3.82. The standard InChI is InChI=1S/C24H21N7O3S/c25-24-28-22-21(23(29-24)30-10-12-34-13-11-30)27-19(14-26-22)18-15-31(20-9-5-4-8-17(18)20)35(32,33)16-6-2-1-3-7-16/h1-9,14-15H,10-13H2,(H2,25,26,28,29). The third-order valence-electron chi connectivity index (χ3n) is 5.97. The van der Waals surface area contributed by atoms with E-state index in [0.29, 0.717) is 60.1 Å². The average molecular weight is 488 g/mol. The van der Waals surface area contributed by atoms with Gasteiger partial charge in [-0.25, -0.2) is 22.4 Å². The van der Waals surface area contributed by atoms with E-state index in [9.17, 15) is 8.42 Å². The second kappa shape index (κ2) is 8.29. The fraction of sp³-hybridized carbons (Fsp3) is 0.167. The molecular weight excluding hydrogens is 466 g/mol. The van der Waals surface area contributed by atoms with E-state index in [0.717, 1.165) is 5.39 Å². The molecule has 1 saturated heterocycles. The van der Waals surface area contributed by atoms with E-state index >= 15 is 0 Å². The fourth-order valence-electron chi connectivity index (χ4n) is 4.29. The van der Waals surface area contributed by atoms with Crippen LogP contribution in [0.4, 0.5) is 11.8 Å². The molecule has 0 amide bonds. The first-order chi connectivity index (χ1) is 17.0. The Morgan fingerprint density at radius 3 is 2.46 bits per heavy atom. The fourth-order valence-corrected chi connectivity index (χ4v) is 5.68. The lowest BCUT2D eigenvalue weighted by atomic mass is 10.1. The van der Waals surface area contributed by atoms with E-state index in [1.807, 2.05) is 23.1 Å². The van der Waals surface area contributed by atoms with E-state index in [-0.39, 0.29) is 10.8 Å². The molecule has 1 fully saturated rings. The summed E-state index contributed by atoms with van der Waals surface area (Å²) in [4.78, 5) is 20.3. The molecule has 35 heavy (non-hydrogen) atoms. The summed E-state index contributed by atoms with van der Waals surface area (Å²) in [6.45, 7) is 2.44. The molecule has 11 heteroatoms. The van der Waals surface area contributed by atoms with Crippen LogP contribution >= 0.6 is 0 Å². The molecule has 0 saturated carbocycles. The monoisotopic (exact) mass is 487 g/mol. The number of hydrogen-bond acceptors (Lipinski definition) is 9. The SMILES string of the molecule is Nc1nc(N2CCOCC2)c2nc(-c3cn(S(=O)(=O)c4ccccc4)c4ccccc34)cnc2n1. The van der Waals surface area contributed by atoms with Crippen LogP contribution in [0.3, 0.4) is 0 Å². The summed E-state index contributed by atoms with van der Waals surface area (Å²) in [6.07, 6.45) is 3.18. The maximum absolute atomic E-state index is 13.5. The maximum atomic E-state index is 13.5. The predicted octanol–water partition coefficient (Wildman–Crippen LogP) is 2.70. The summed E-state index contributed by atoms with van der Waals surface area (Å²) >= 11 is 0. The molecule has 0 spiro atoms. The first-order valence-electron chi connectivity index (χ1n) is 11.1. The highest BCUT2D eigenvalue weighted by molar-refractivity contribution is 7.90. The number of hydrogen-bond donors (Lipinski definition) is 1. The summed E-state index contributed by atoms with van der Waals surface area (Å²) in [6, 6.07) is 15.7. The van der Waals surface area contributed by atoms with Crippen LogP contribution in [0.5, 0.6) is 0 Å². The van der Waals surface area contributed by atoms with Gasteiger partial charge in [0, 0.05) is 30.2 Å². The Balaban J connectivity index is 1.55. The van der Waals surface area contributed by atoms with Crippen molar-refractivity contribution in [2.24, 2.45) is 0 Å². The van der Waals surface area contributed by atoms with Crippen molar-refractivity contribution in [1.82, 2.24) is 23.9 Å². The van der Waals surface area contributed by atoms with E-state index in [2.05, 4.69) is 15.0 Å². The molecule has 4 heterocycles. The molecule has 0 atom stereocenters. The molecule has 5 aromatic rings. The van der Waals surface area contributed by atoms with Crippen LogP contribution in [0.15, 0.2) is 71.9 Å². The summed E-state index contributed by atoms with van der Waals surface area (Å²) in [5.74, 6) is 0.706. The third kappa shape index (κ3) is 3.65. The van der Waals surface area contributed by atoms with Gasteiger partial charge in [-0.2, -0.15) is 9.97 Å². The molecule has 176 valence electrons. The maximum Gasteiger partial charge on any atom is 0.268 e. The molecule has 1 aliphatic rings. The van der Waals surface area contributed by atoms with Gasteiger partial charge in [0.05, 0.1) is 35.5 Å². The molecule has 3 aromatic heterocycles. The molecule has 0 aliphatic carbocycles. The number of nitrogens with two attached hydrogens (primary N) is 1. The van der Waals surface area contributed by atoms with Gasteiger partial charge in [-0.15, -0.1) is 0 Å². The smallest absolute Gasteiger partial charge is 0.268 e. The van der Waals surface area contributed by atoms with Crippen molar-refractivity contribution in [3.05, 3.63) is 67.0 Å². The molecule has 10 nitrogen and oxygen atoms in total. The average Bonchev–Trinajstić information content (AvgIpc) is 3.30. The summed E-state index contributed by atoms with van der Waals surface area (Å²) in [5, 5.41) is 0.741. The van der Waals surface area contributed by atoms with Crippen LogP contribution in [0.2, 0.25) is 0 Å². The predicted molar refractivity (Wildman–Crippen MR) is 133 cm³/mol. The Hall–Kier alpha value is -4.09. The van der Waals surface area contributed by atoms with Gasteiger partial charge >= 0.3 is 0 Å². The van der Waals surface area contributed by atoms with Gasteiger partial charge in [0.15, 0.2) is 17.0 Å². The minimum absolute atomic E-state index is 0.117. The van der Waals surface area contributed by atoms with E-state index in [1.165, 1.54) is 3.97 Å². The number of para-hydroxylation sites is 1. The highest BCUT2D eigenvalue weighted by Crippen LogP contribution is 2.33. The Morgan fingerprint density at radius 2 is 1.66 bits per heavy atom. The van der Waals surface area contributed by atoms with Crippen LogP contribution in [0.25, 0.3) is 33.3 Å². The Morgan fingerprint density at radius 1 is 0.914 bits per heavy atom. The van der Waals surface area contributed by atoms with Crippen molar-refractivity contribution in [1.29, 1.82) is 0 Å². The number of rotatable bonds is 4. The number of nitrogen functional groups attached to an aromatic ring is 1. The normalized spacial score (nSPS) is 14.6. The topological polar surface area (TPSA) is 129 Å². The van der Waals surface area contributed by atoms with Crippen LogP contribution < -0.4 is 10.6 Å². The van der Waals surface area contributed by atoms with E-state index in [1.54, 1.807) is 48.8 Å². The zero-order chi connectivity index (χ0) is 24.0. The van der Waals surface area contributed by atoms with Gasteiger partial charge < -0.3 is 15.4 Å². The van der Waals surface area contributed by atoms with Gasteiger partial charge in [-0.3, -0.25) is 0 Å². The molecule has 0 bridgehead atoms. The summed E-state index contributed by atoms with van der Waals surface area (Å²) in [5.41, 5.74) is 8.52. The number of morpholine rings is 1. The Kier molecular flexibility index (Phi) is 5.08. The zero-order valence-electron chi connectivity index (χ0n) is 18.6. The largest absolute Gasteiger partial charge is 0.378 e. The molecular formula is C24H21N7O3S. The van der Waals surface area contributed by atoms with Gasteiger partial charge in [-0.05, 0) is 18.2 Å². The number of fused-ring (bicyclic) bond motifs is 2. The number of benzene rings is 2. The van der Waals surface area contributed by atoms with Crippen LogP contribution in [-0.4, -0.2) is 58.6 Å². The summed E-state index contributed by atoms with van der Waals surface area (Å²) in [7, 11) is -3.82. The van der Waals surface area contributed by atoms with Crippen molar-refractivity contribution in [2.45, 2.75) is 4.90 Å². The van der Waals surface area contributed by atoms with Crippen LogP contribution in [-0.2, 0) is 14.8 Å². The van der Waals surface area contributed by atoms with Crippen LogP contribution in [0.1, 0.15) is 0 Å². The third-order valence-corrected chi connectivity index (χ3v) is 7.66. The minimum Gasteiger partial charge on any atom is -0.378 e. The number of nitrogens with zero attached hydrogens (tertiary/aromatic N) is 6. The van der Waals surface area contributed by atoms with Crippen molar-refractivity contribution in [3.8, 4) is 11.3 Å². The van der Waals surface area contributed by atoms with Gasteiger partial charge in [0.25, 0.3) is 10.0 Å². The van der Waals surface area contributed by atoms with Gasteiger partial charge in [0.2, 0.25) is 5.95 Å². The highest BCUT2D eigenvalue weighted by atomic mass is 32.2. The lowest BCUT2D eigenvalue weighted by Gasteiger charge is -2.28. The Bertz CT molecular complexity index is 1660. The first kappa shape index (κ1) is 21.4. The van der Waals surface area contributed by atoms with Crippen molar-refractivity contribution in [2.75, 3.05) is 36.9 Å². The van der Waals surface area contributed by atoms with Crippen molar-refractivity contribution in [3.63, 3.8) is 0 Å². The second-order valence-corrected chi connectivity index (χ2v) is 9.92. The Labute approximate surface area is 201 Å². The molecule has 1 aliphatic heterocycles. The quantitative estimate of drug-likeness (QED) is 0.407.